The molecule has 1 aromatic carbocycles. The lowest BCUT2D eigenvalue weighted by Gasteiger charge is -2.12. The van der Waals surface area contributed by atoms with Crippen LogP contribution in [0.2, 0.25) is 0 Å². The van der Waals surface area contributed by atoms with E-state index in [1.54, 1.807) is 0 Å². The van der Waals surface area contributed by atoms with E-state index in [1.807, 2.05) is 0 Å². The van der Waals surface area contributed by atoms with Gasteiger partial charge in [-0.1, -0.05) is 12.1 Å². The third kappa shape index (κ3) is 4.91. The minimum atomic E-state index is -4.72. The number of nitrogens with one attached hydrogen (secondary N) is 2. The maximum Gasteiger partial charge on any atom is 0.573 e. The van der Waals surface area contributed by atoms with Crippen molar-refractivity contribution in [2.24, 2.45) is 0 Å². The summed E-state index contributed by atoms with van der Waals surface area (Å²) in [5, 5.41) is 14.8. The Kier molecular flexibility index (Phi) is 4.69. The van der Waals surface area contributed by atoms with Gasteiger partial charge in [-0.15, -0.1) is 13.2 Å². The number of benzene rings is 1. The summed E-state index contributed by atoms with van der Waals surface area (Å²) in [6.07, 6.45) is -4.89. The third-order valence-corrected chi connectivity index (χ3v) is 3.05. The molecule has 21 heavy (non-hydrogen) atoms. The molecule has 0 aromatic heterocycles. The lowest BCUT2D eigenvalue weighted by molar-refractivity contribution is -0.274. The average molecular weight is 304 g/mol. The number of alkyl halides is 3. The number of β-amino-alcohol motifs (C(OH)–C–C–N with tert-alkyl or cyclic N) is 1. The smallest absolute Gasteiger partial charge is 0.406 e. The number of ether oxygens (including phenoxy) is 1. The molecule has 0 unspecified atom stereocenters. The van der Waals surface area contributed by atoms with Crippen LogP contribution in [-0.2, 0) is 11.3 Å². The first-order valence-electron chi connectivity index (χ1n) is 6.37. The predicted molar refractivity (Wildman–Crippen MR) is 67.4 cm³/mol. The number of aliphatic hydroxyl groups excluding tert-OH is 1. The van der Waals surface area contributed by atoms with Gasteiger partial charge in [-0.2, -0.15) is 0 Å². The summed E-state index contributed by atoms with van der Waals surface area (Å²) in [5.74, 6) is -0.555. The van der Waals surface area contributed by atoms with Gasteiger partial charge >= 0.3 is 6.36 Å². The fraction of sp³-hybridized carbons (Fsp3) is 0.462. The molecule has 0 aliphatic carbocycles. The first kappa shape index (κ1) is 15.6. The van der Waals surface area contributed by atoms with E-state index < -0.39 is 18.5 Å². The zero-order chi connectivity index (χ0) is 15.5. The summed E-state index contributed by atoms with van der Waals surface area (Å²) >= 11 is 0. The van der Waals surface area contributed by atoms with Gasteiger partial charge in [0, 0.05) is 13.1 Å². The topological polar surface area (TPSA) is 70.6 Å². The van der Waals surface area contributed by atoms with Crippen LogP contribution in [-0.4, -0.2) is 36.1 Å². The largest absolute Gasteiger partial charge is 0.573 e. The number of carbonyl (C=O) groups excluding carboxylic acids is 1. The molecule has 1 amide bonds. The van der Waals surface area contributed by atoms with Crippen LogP contribution in [0.1, 0.15) is 12.0 Å². The number of amides is 1. The molecule has 5 nitrogen and oxygen atoms in total. The summed E-state index contributed by atoms with van der Waals surface area (Å²) < 4.78 is 39.7. The van der Waals surface area contributed by atoms with Gasteiger partial charge in [0.25, 0.3) is 0 Å². The molecule has 1 aromatic rings. The molecular weight excluding hydrogens is 289 g/mol. The molecule has 0 spiro atoms. The summed E-state index contributed by atoms with van der Waals surface area (Å²) in [4.78, 5) is 11.8. The van der Waals surface area contributed by atoms with Gasteiger partial charge in [0.15, 0.2) is 0 Å². The van der Waals surface area contributed by atoms with E-state index >= 15 is 0 Å². The maximum atomic E-state index is 12.0. The molecule has 2 rings (SSSR count). The molecule has 2 atom stereocenters. The first-order valence-corrected chi connectivity index (χ1v) is 6.37. The molecule has 1 aliphatic heterocycles. The normalized spacial score (nSPS) is 22.1. The molecule has 0 radical (unpaired) electrons. The molecule has 1 saturated heterocycles. The van der Waals surface area contributed by atoms with Crippen molar-refractivity contribution < 1.29 is 27.8 Å². The fourth-order valence-corrected chi connectivity index (χ4v) is 2.04. The summed E-state index contributed by atoms with van der Waals surface area (Å²) in [7, 11) is 0. The van der Waals surface area contributed by atoms with Crippen molar-refractivity contribution in [3.8, 4) is 5.75 Å². The Labute approximate surface area is 119 Å². The second-order valence-electron chi connectivity index (χ2n) is 4.76. The van der Waals surface area contributed by atoms with Crippen LogP contribution in [0.15, 0.2) is 24.3 Å². The van der Waals surface area contributed by atoms with Gasteiger partial charge in [-0.3, -0.25) is 4.79 Å². The molecule has 0 bridgehead atoms. The number of aliphatic hydroxyl groups is 1. The van der Waals surface area contributed by atoms with E-state index in [1.165, 1.54) is 24.3 Å². The number of halogens is 3. The van der Waals surface area contributed by atoms with Gasteiger partial charge in [0.05, 0.1) is 12.1 Å². The monoisotopic (exact) mass is 304 g/mol. The molecule has 1 fully saturated rings. The Bertz CT molecular complexity index is 490. The lowest BCUT2D eigenvalue weighted by atomic mass is 10.1. The third-order valence-electron chi connectivity index (χ3n) is 3.05. The molecular formula is C13H15F3N2O3. The van der Waals surface area contributed by atoms with E-state index in [0.717, 1.165) is 0 Å². The molecule has 0 saturated carbocycles. The van der Waals surface area contributed by atoms with Gasteiger partial charge in [-0.25, -0.2) is 0 Å². The Morgan fingerprint density at radius 3 is 2.57 bits per heavy atom. The molecule has 3 N–H and O–H groups in total. The van der Waals surface area contributed by atoms with Crippen LogP contribution in [0.25, 0.3) is 0 Å². The first-order chi connectivity index (χ1) is 9.83. The van der Waals surface area contributed by atoms with Crippen molar-refractivity contribution >= 4 is 5.91 Å². The fourth-order valence-electron chi connectivity index (χ4n) is 2.04. The van der Waals surface area contributed by atoms with Crippen molar-refractivity contribution in [3.63, 3.8) is 0 Å². The van der Waals surface area contributed by atoms with Gasteiger partial charge < -0.3 is 20.5 Å². The Morgan fingerprint density at radius 1 is 1.38 bits per heavy atom. The van der Waals surface area contributed by atoms with Gasteiger partial charge in [-0.05, 0) is 24.1 Å². The molecule has 1 aliphatic rings. The van der Waals surface area contributed by atoms with Crippen LogP contribution in [0.3, 0.4) is 0 Å². The zero-order valence-corrected chi connectivity index (χ0v) is 11.0. The summed E-state index contributed by atoms with van der Waals surface area (Å²) in [6, 6.07) is 4.82. The van der Waals surface area contributed by atoms with E-state index in [4.69, 9.17) is 0 Å². The molecule has 8 heteroatoms. The van der Waals surface area contributed by atoms with Crippen molar-refractivity contribution in [1.82, 2.24) is 10.6 Å². The predicted octanol–water partition coefficient (Wildman–Crippen LogP) is 0.924. The van der Waals surface area contributed by atoms with Crippen molar-refractivity contribution in [1.29, 1.82) is 0 Å². The van der Waals surface area contributed by atoms with Crippen molar-refractivity contribution in [3.05, 3.63) is 29.8 Å². The second-order valence-corrected chi connectivity index (χ2v) is 4.76. The van der Waals surface area contributed by atoms with Gasteiger partial charge in [0.2, 0.25) is 5.91 Å². The van der Waals surface area contributed by atoms with Crippen LogP contribution in [0.5, 0.6) is 5.75 Å². The summed E-state index contributed by atoms with van der Waals surface area (Å²) in [5.41, 5.74) is 0.649. The lowest BCUT2D eigenvalue weighted by Crippen LogP contribution is -2.39. The zero-order valence-electron chi connectivity index (χ0n) is 11.0. The highest BCUT2D eigenvalue weighted by molar-refractivity contribution is 5.82. The Morgan fingerprint density at radius 2 is 2.05 bits per heavy atom. The highest BCUT2D eigenvalue weighted by Gasteiger charge is 2.31. The Hall–Kier alpha value is -1.80. The highest BCUT2D eigenvalue weighted by Crippen LogP contribution is 2.22. The maximum absolute atomic E-state index is 12.0. The van der Waals surface area contributed by atoms with E-state index in [2.05, 4.69) is 15.4 Å². The molecule has 1 heterocycles. The number of rotatable bonds is 4. The molecule has 116 valence electrons. The average Bonchev–Trinajstić information content (AvgIpc) is 2.82. The minimum Gasteiger partial charge on any atom is -0.406 e. The van der Waals surface area contributed by atoms with Gasteiger partial charge in [0.1, 0.15) is 5.75 Å². The second kappa shape index (κ2) is 6.31. The van der Waals surface area contributed by atoms with E-state index in [-0.39, 0.29) is 18.2 Å². The number of hydrogen-bond donors (Lipinski definition) is 3. The van der Waals surface area contributed by atoms with E-state index in [9.17, 15) is 23.1 Å². The van der Waals surface area contributed by atoms with Crippen LogP contribution >= 0.6 is 0 Å². The summed E-state index contributed by atoms with van der Waals surface area (Å²) in [6.45, 7) is 0.570. The quantitative estimate of drug-likeness (QED) is 0.774. The minimum absolute atomic E-state index is 0.194. The van der Waals surface area contributed by atoms with Crippen LogP contribution in [0.4, 0.5) is 13.2 Å². The van der Waals surface area contributed by atoms with Crippen LogP contribution in [0, 0.1) is 0 Å². The van der Waals surface area contributed by atoms with Crippen molar-refractivity contribution in [2.45, 2.75) is 31.5 Å². The Balaban J connectivity index is 1.82. The SMILES string of the molecule is O=C(NCc1ccc(OC(F)(F)F)cc1)[C@@H]1C[C@H](O)CN1. The van der Waals surface area contributed by atoms with Crippen molar-refractivity contribution in [2.75, 3.05) is 6.54 Å². The number of carbonyl (C=O) groups is 1. The highest BCUT2D eigenvalue weighted by atomic mass is 19.4. The van der Waals surface area contributed by atoms with E-state index in [0.29, 0.717) is 18.5 Å². The number of hydrogen-bond acceptors (Lipinski definition) is 4. The standard InChI is InChI=1S/C13H15F3N2O3/c14-13(15,16)21-10-3-1-8(2-4-10)6-18-12(20)11-5-9(19)7-17-11/h1-4,9,11,17,19H,5-7H2,(H,18,20)/t9-,11-/m0/s1. The van der Waals surface area contributed by atoms with Crippen LogP contribution < -0.4 is 15.4 Å².